The lowest BCUT2D eigenvalue weighted by atomic mass is 10.7. The topological polar surface area (TPSA) is 0 Å². The van der Waals surface area contributed by atoms with E-state index in [1.54, 1.807) is 34.0 Å². The first-order valence-corrected chi connectivity index (χ1v) is 5.30. The van der Waals surface area contributed by atoms with Crippen LogP contribution in [0.2, 0.25) is 0 Å². The molecule has 0 amide bonds. The molecule has 4 heteroatoms. The summed E-state index contributed by atoms with van der Waals surface area (Å²) in [5.74, 6) is 0. The molecule has 2 aromatic rings. The zero-order chi connectivity index (χ0) is 6.27. The summed E-state index contributed by atoms with van der Waals surface area (Å²) in [6, 6.07) is 0. The lowest BCUT2D eigenvalue weighted by molar-refractivity contribution is 2.54. The third kappa shape index (κ3) is 0.961. The monoisotopic (exact) mass is 190 g/mol. The predicted molar refractivity (Wildman–Crippen MR) is 48.4 cm³/mol. The maximum atomic E-state index is 5.01. The van der Waals surface area contributed by atoms with Gasteiger partial charge in [-0.25, -0.2) is 0 Å². The second-order valence-electron chi connectivity index (χ2n) is 1.55. The molecule has 46 valence electrons. The van der Waals surface area contributed by atoms with E-state index >= 15 is 0 Å². The largest absolute Gasteiger partial charge is 0.149 e. The van der Waals surface area contributed by atoms with Crippen LogP contribution in [0.25, 0.3) is 9.40 Å². The van der Waals surface area contributed by atoms with E-state index in [0.29, 0.717) is 0 Å². The van der Waals surface area contributed by atoms with Gasteiger partial charge >= 0.3 is 0 Å². The minimum atomic E-state index is 1.04. The van der Waals surface area contributed by atoms with Gasteiger partial charge < -0.3 is 0 Å². The number of rotatable bonds is 0. The first kappa shape index (κ1) is 5.97. The molecule has 0 aromatic carbocycles. The summed E-state index contributed by atoms with van der Waals surface area (Å²) in [7, 11) is 0. The molecule has 0 bridgehead atoms. The second kappa shape index (κ2) is 2.12. The lowest BCUT2D eigenvalue weighted by Crippen LogP contribution is -1.32. The molecule has 9 heavy (non-hydrogen) atoms. The molecule has 2 aromatic heterocycles. The molecule has 2 heterocycles. The van der Waals surface area contributed by atoms with E-state index in [-0.39, 0.29) is 0 Å². The molecular weight excluding hydrogens is 188 g/mol. The fourth-order valence-electron chi connectivity index (χ4n) is 0.623. The quantitative estimate of drug-likeness (QED) is 0.570. The highest BCUT2D eigenvalue weighted by Crippen LogP contribution is 2.30. The molecule has 0 unspecified atom stereocenters. The van der Waals surface area contributed by atoms with E-state index in [1.807, 2.05) is 0 Å². The predicted octanol–water partition coefficient (Wildman–Crippen LogP) is 3.75. The average molecular weight is 190 g/mol. The normalized spacial score (nSPS) is 10.7. The highest BCUT2D eigenvalue weighted by Gasteiger charge is 1.95. The Morgan fingerprint density at radius 1 is 1.11 bits per heavy atom. The maximum absolute atomic E-state index is 5.01. The van der Waals surface area contributed by atoms with Crippen molar-refractivity contribution >= 4 is 55.6 Å². The van der Waals surface area contributed by atoms with Crippen molar-refractivity contribution in [1.29, 1.82) is 0 Å². The standard InChI is InChI=1S/C5H2S4/c6-5-8-3-1-7-2-4(3)9-5/h1-2H. The third-order valence-corrected chi connectivity index (χ3v) is 4.60. The number of hydrogen-bond acceptors (Lipinski definition) is 4. The first-order chi connectivity index (χ1) is 4.36. The van der Waals surface area contributed by atoms with Gasteiger partial charge in [0.15, 0.2) is 0 Å². The van der Waals surface area contributed by atoms with Crippen molar-refractivity contribution in [3.63, 3.8) is 0 Å². The molecule has 0 aliphatic carbocycles. The molecular formula is C5H2S4. The van der Waals surface area contributed by atoms with E-state index in [0.717, 1.165) is 3.14 Å². The van der Waals surface area contributed by atoms with Crippen molar-refractivity contribution in [2.75, 3.05) is 0 Å². The van der Waals surface area contributed by atoms with Crippen LogP contribution in [0, 0.1) is 3.14 Å². The lowest BCUT2D eigenvalue weighted by Gasteiger charge is -1.61. The Hall–Kier alpha value is 0.230. The van der Waals surface area contributed by atoms with E-state index in [9.17, 15) is 0 Å². The van der Waals surface area contributed by atoms with Gasteiger partial charge in [-0.2, -0.15) is 0 Å². The highest BCUT2D eigenvalue weighted by molar-refractivity contribution is 7.77. The Morgan fingerprint density at radius 2 is 1.67 bits per heavy atom. The summed E-state index contributed by atoms with van der Waals surface area (Å²) in [5, 5.41) is 4.29. The number of hydrogen-bond donors (Lipinski definition) is 0. The SMILES string of the molecule is S=c1sc2cscc2s1. The van der Waals surface area contributed by atoms with Gasteiger partial charge in [-0.3, -0.25) is 0 Å². The molecule has 2 rings (SSSR count). The van der Waals surface area contributed by atoms with Crippen LogP contribution in [0.15, 0.2) is 10.8 Å². The van der Waals surface area contributed by atoms with Crippen LogP contribution in [0.5, 0.6) is 0 Å². The Kier molecular flexibility index (Phi) is 1.41. The van der Waals surface area contributed by atoms with Gasteiger partial charge in [-0.1, -0.05) is 12.2 Å². The fraction of sp³-hybridized carbons (Fsp3) is 0. The molecule has 0 atom stereocenters. The Balaban J connectivity index is 3.08. The summed E-state index contributed by atoms with van der Waals surface area (Å²) >= 11 is 10.2. The van der Waals surface area contributed by atoms with Crippen LogP contribution >= 0.6 is 46.2 Å². The van der Waals surface area contributed by atoms with Crippen LogP contribution in [0.3, 0.4) is 0 Å². The Labute approximate surface area is 69.4 Å². The van der Waals surface area contributed by atoms with Gasteiger partial charge in [0.1, 0.15) is 3.14 Å². The molecule has 0 aliphatic rings. The molecule has 0 aliphatic heterocycles. The van der Waals surface area contributed by atoms with Gasteiger partial charge in [-0.15, -0.1) is 34.0 Å². The molecule has 0 spiro atoms. The summed E-state index contributed by atoms with van der Waals surface area (Å²) in [5.41, 5.74) is 0. The van der Waals surface area contributed by atoms with Crippen molar-refractivity contribution in [3.8, 4) is 0 Å². The second-order valence-corrected chi connectivity index (χ2v) is 5.59. The summed E-state index contributed by atoms with van der Waals surface area (Å²) in [4.78, 5) is 0. The third-order valence-electron chi connectivity index (χ3n) is 0.980. The van der Waals surface area contributed by atoms with Crippen LogP contribution < -0.4 is 0 Å². The van der Waals surface area contributed by atoms with E-state index in [1.165, 1.54) is 9.40 Å². The van der Waals surface area contributed by atoms with Crippen LogP contribution in [-0.2, 0) is 0 Å². The molecule has 0 saturated heterocycles. The van der Waals surface area contributed by atoms with E-state index in [4.69, 9.17) is 12.2 Å². The van der Waals surface area contributed by atoms with Crippen molar-refractivity contribution in [1.82, 2.24) is 0 Å². The minimum absolute atomic E-state index is 1.04. The zero-order valence-corrected chi connectivity index (χ0v) is 7.55. The fourth-order valence-corrected chi connectivity index (χ4v) is 4.23. The highest BCUT2D eigenvalue weighted by atomic mass is 32.2. The molecule has 0 nitrogen and oxygen atoms in total. The van der Waals surface area contributed by atoms with Crippen molar-refractivity contribution < 1.29 is 0 Å². The van der Waals surface area contributed by atoms with E-state index in [2.05, 4.69) is 10.8 Å². The molecule has 0 saturated carbocycles. The maximum Gasteiger partial charge on any atom is 0.144 e. The summed E-state index contributed by atoms with van der Waals surface area (Å²) in [6.07, 6.45) is 0. The summed E-state index contributed by atoms with van der Waals surface area (Å²) in [6.45, 7) is 0. The molecule has 0 fully saturated rings. The molecule has 0 radical (unpaired) electrons. The first-order valence-electron chi connectivity index (χ1n) is 2.32. The number of fused-ring (bicyclic) bond motifs is 1. The minimum Gasteiger partial charge on any atom is -0.149 e. The average Bonchev–Trinajstić information content (AvgIpc) is 2.22. The van der Waals surface area contributed by atoms with Crippen LogP contribution in [-0.4, -0.2) is 0 Å². The van der Waals surface area contributed by atoms with Gasteiger partial charge in [0.25, 0.3) is 0 Å². The van der Waals surface area contributed by atoms with Crippen molar-refractivity contribution in [3.05, 3.63) is 13.9 Å². The summed E-state index contributed by atoms with van der Waals surface area (Å²) < 4.78 is 3.72. The Morgan fingerprint density at radius 3 is 2.22 bits per heavy atom. The molecule has 0 N–H and O–H groups in total. The van der Waals surface area contributed by atoms with Gasteiger partial charge in [0, 0.05) is 10.8 Å². The van der Waals surface area contributed by atoms with Crippen molar-refractivity contribution in [2.45, 2.75) is 0 Å². The van der Waals surface area contributed by atoms with Crippen molar-refractivity contribution in [2.24, 2.45) is 0 Å². The smallest absolute Gasteiger partial charge is 0.144 e. The van der Waals surface area contributed by atoms with Gasteiger partial charge in [0.2, 0.25) is 0 Å². The number of thiophene rings is 1. The van der Waals surface area contributed by atoms with Crippen LogP contribution in [0.4, 0.5) is 0 Å². The van der Waals surface area contributed by atoms with E-state index < -0.39 is 0 Å². The van der Waals surface area contributed by atoms with Gasteiger partial charge in [0.05, 0.1) is 9.40 Å². The Bertz CT molecular complexity index is 332. The van der Waals surface area contributed by atoms with Crippen LogP contribution in [0.1, 0.15) is 0 Å². The zero-order valence-electron chi connectivity index (χ0n) is 4.29. The van der Waals surface area contributed by atoms with Gasteiger partial charge in [-0.05, 0) is 0 Å².